The topological polar surface area (TPSA) is 3.24 Å². The first-order valence-electron chi connectivity index (χ1n) is 8.76. The Hall–Kier alpha value is -0.980. The number of aryl methyl sites for hydroxylation is 2. The highest BCUT2D eigenvalue weighted by molar-refractivity contribution is 5.63. The Bertz CT molecular complexity index is 519. The van der Waals surface area contributed by atoms with Gasteiger partial charge in [-0.1, -0.05) is 45.4 Å². The van der Waals surface area contributed by atoms with Crippen LogP contribution in [0, 0.1) is 30.6 Å². The fourth-order valence-electron chi connectivity index (χ4n) is 5.07. The van der Waals surface area contributed by atoms with Crippen LogP contribution >= 0.6 is 0 Å². The number of hydrogen-bond acceptors (Lipinski definition) is 1. The first kappa shape index (κ1) is 14.9. The van der Waals surface area contributed by atoms with Crippen molar-refractivity contribution >= 4 is 5.69 Å². The van der Waals surface area contributed by atoms with Gasteiger partial charge in [0.2, 0.25) is 0 Å². The summed E-state index contributed by atoms with van der Waals surface area (Å²) in [7, 11) is 2.29. The van der Waals surface area contributed by atoms with Gasteiger partial charge in [0.25, 0.3) is 0 Å². The van der Waals surface area contributed by atoms with Crippen LogP contribution < -0.4 is 4.90 Å². The monoisotopic (exact) mass is 285 g/mol. The molecule has 0 N–H and O–H groups in total. The van der Waals surface area contributed by atoms with Crippen molar-refractivity contribution in [1.29, 1.82) is 0 Å². The maximum Gasteiger partial charge on any atom is 0.0431 e. The van der Waals surface area contributed by atoms with E-state index in [0.717, 1.165) is 29.6 Å². The van der Waals surface area contributed by atoms with E-state index < -0.39 is 0 Å². The van der Waals surface area contributed by atoms with Crippen LogP contribution in [0.15, 0.2) is 12.1 Å². The van der Waals surface area contributed by atoms with Crippen LogP contribution in [0.25, 0.3) is 0 Å². The van der Waals surface area contributed by atoms with Crippen molar-refractivity contribution in [3.05, 3.63) is 28.8 Å². The quantitative estimate of drug-likeness (QED) is 0.700. The number of nitrogens with zero attached hydrogens (tertiary/aromatic N) is 1. The van der Waals surface area contributed by atoms with E-state index in [4.69, 9.17) is 0 Å². The first-order valence-corrected chi connectivity index (χ1v) is 8.76. The van der Waals surface area contributed by atoms with E-state index in [9.17, 15) is 0 Å². The second-order valence-electron chi connectivity index (χ2n) is 7.85. The van der Waals surface area contributed by atoms with Crippen LogP contribution in [-0.2, 0) is 6.42 Å². The van der Waals surface area contributed by atoms with Crippen LogP contribution in [0.4, 0.5) is 5.69 Å². The van der Waals surface area contributed by atoms with Crippen molar-refractivity contribution in [3.63, 3.8) is 0 Å². The second-order valence-corrected chi connectivity index (χ2v) is 7.85. The zero-order valence-electron chi connectivity index (χ0n) is 14.6. The molecule has 1 nitrogen and oxygen atoms in total. The van der Waals surface area contributed by atoms with E-state index in [-0.39, 0.29) is 0 Å². The van der Waals surface area contributed by atoms with E-state index >= 15 is 0 Å². The Morgan fingerprint density at radius 1 is 0.952 bits per heavy atom. The molecule has 1 aliphatic heterocycles. The van der Waals surface area contributed by atoms with Gasteiger partial charge in [0, 0.05) is 19.3 Å². The van der Waals surface area contributed by atoms with Crippen LogP contribution in [0.3, 0.4) is 0 Å². The SMILES string of the molecule is Cc1cc2c(c(C3C(C)C(C)C(C)C3C)c1)N(C)CCC2. The molecular weight excluding hydrogens is 254 g/mol. The Morgan fingerprint density at radius 2 is 1.57 bits per heavy atom. The summed E-state index contributed by atoms with van der Waals surface area (Å²) in [4.78, 5) is 2.51. The van der Waals surface area contributed by atoms with Crippen LogP contribution in [0.2, 0.25) is 0 Å². The Kier molecular flexibility index (Phi) is 3.80. The third-order valence-corrected chi connectivity index (χ3v) is 6.66. The van der Waals surface area contributed by atoms with Crippen LogP contribution in [0.1, 0.15) is 56.7 Å². The molecule has 0 amide bonds. The smallest absolute Gasteiger partial charge is 0.0431 e. The highest BCUT2D eigenvalue weighted by atomic mass is 15.1. The first-order chi connectivity index (χ1) is 9.91. The average molecular weight is 285 g/mol. The lowest BCUT2D eigenvalue weighted by Gasteiger charge is -2.34. The molecule has 1 saturated carbocycles. The van der Waals surface area contributed by atoms with E-state index in [0.29, 0.717) is 0 Å². The third-order valence-electron chi connectivity index (χ3n) is 6.66. The molecule has 0 radical (unpaired) electrons. The predicted molar refractivity (Wildman–Crippen MR) is 92.2 cm³/mol. The van der Waals surface area contributed by atoms with Crippen LogP contribution in [0.5, 0.6) is 0 Å². The summed E-state index contributed by atoms with van der Waals surface area (Å²) in [5.74, 6) is 3.96. The average Bonchev–Trinajstić information content (AvgIpc) is 2.62. The lowest BCUT2D eigenvalue weighted by Crippen LogP contribution is -2.28. The van der Waals surface area contributed by atoms with Crippen molar-refractivity contribution in [2.24, 2.45) is 23.7 Å². The number of rotatable bonds is 1. The van der Waals surface area contributed by atoms with E-state index in [1.807, 2.05) is 0 Å². The van der Waals surface area contributed by atoms with Gasteiger partial charge in [0.15, 0.2) is 0 Å². The van der Waals surface area contributed by atoms with Crippen molar-refractivity contribution in [2.45, 2.75) is 53.4 Å². The molecule has 1 aliphatic carbocycles. The lowest BCUT2D eigenvalue weighted by molar-refractivity contribution is 0.352. The van der Waals surface area contributed by atoms with Crippen molar-refractivity contribution in [1.82, 2.24) is 0 Å². The Labute approximate surface area is 130 Å². The fourth-order valence-corrected chi connectivity index (χ4v) is 5.07. The molecule has 0 bridgehead atoms. The summed E-state index contributed by atoms with van der Waals surface area (Å²) < 4.78 is 0. The van der Waals surface area contributed by atoms with Crippen LogP contribution in [-0.4, -0.2) is 13.6 Å². The second kappa shape index (κ2) is 5.34. The lowest BCUT2D eigenvalue weighted by atomic mass is 9.79. The molecule has 4 atom stereocenters. The Balaban J connectivity index is 2.12. The standard InChI is InChI=1S/C20H31N/c1-12-10-17-8-7-9-21(6)20(17)18(11-12)19-15(4)13(2)14(3)16(19)5/h10-11,13-16,19H,7-9H2,1-6H3. The molecule has 2 aliphatic rings. The maximum absolute atomic E-state index is 2.51. The fraction of sp³-hybridized carbons (Fsp3) is 0.700. The number of hydrogen-bond donors (Lipinski definition) is 0. The van der Waals surface area contributed by atoms with Gasteiger partial charge in [0.05, 0.1) is 0 Å². The van der Waals surface area contributed by atoms with E-state index in [1.165, 1.54) is 24.9 Å². The molecule has 4 unspecified atom stereocenters. The highest BCUT2D eigenvalue weighted by Gasteiger charge is 2.43. The normalized spacial score (nSPS) is 35.9. The third kappa shape index (κ3) is 2.29. The molecule has 1 fully saturated rings. The predicted octanol–water partition coefficient (Wildman–Crippen LogP) is 5.02. The maximum atomic E-state index is 2.51. The van der Waals surface area contributed by atoms with E-state index in [1.54, 1.807) is 16.8 Å². The molecule has 0 spiro atoms. The number of benzene rings is 1. The molecule has 3 rings (SSSR count). The molecule has 0 saturated heterocycles. The number of anilines is 1. The van der Waals surface area contributed by atoms with E-state index in [2.05, 4.69) is 58.7 Å². The Morgan fingerprint density at radius 3 is 2.19 bits per heavy atom. The zero-order chi connectivity index (χ0) is 15.3. The summed E-state index contributed by atoms with van der Waals surface area (Å²) in [5, 5.41) is 0. The van der Waals surface area contributed by atoms with Gasteiger partial charge in [-0.05, 0) is 60.5 Å². The zero-order valence-corrected chi connectivity index (χ0v) is 14.6. The minimum atomic E-state index is 0.726. The van der Waals surface area contributed by atoms with Gasteiger partial charge in [-0.2, -0.15) is 0 Å². The summed E-state index contributed by atoms with van der Waals surface area (Å²) >= 11 is 0. The minimum Gasteiger partial charge on any atom is -0.374 e. The van der Waals surface area contributed by atoms with Gasteiger partial charge in [0.1, 0.15) is 0 Å². The summed E-state index contributed by atoms with van der Waals surface area (Å²) in [6.07, 6.45) is 2.56. The molecule has 1 heterocycles. The summed E-state index contributed by atoms with van der Waals surface area (Å²) in [5.41, 5.74) is 6.25. The molecule has 1 heteroatoms. The highest BCUT2D eigenvalue weighted by Crippen LogP contribution is 2.53. The largest absolute Gasteiger partial charge is 0.374 e. The molecule has 21 heavy (non-hydrogen) atoms. The molecule has 1 aromatic rings. The van der Waals surface area contributed by atoms with Gasteiger partial charge < -0.3 is 4.90 Å². The van der Waals surface area contributed by atoms with Crippen molar-refractivity contribution < 1.29 is 0 Å². The van der Waals surface area contributed by atoms with Gasteiger partial charge in [-0.25, -0.2) is 0 Å². The van der Waals surface area contributed by atoms with Crippen molar-refractivity contribution in [2.75, 3.05) is 18.5 Å². The molecule has 1 aromatic carbocycles. The summed E-state index contributed by atoms with van der Waals surface area (Å²) in [6.45, 7) is 13.4. The summed E-state index contributed by atoms with van der Waals surface area (Å²) in [6, 6.07) is 4.91. The number of fused-ring (bicyclic) bond motifs is 1. The van der Waals surface area contributed by atoms with Gasteiger partial charge >= 0.3 is 0 Å². The molecule has 116 valence electrons. The molecule has 0 aromatic heterocycles. The van der Waals surface area contributed by atoms with Gasteiger partial charge in [-0.3, -0.25) is 0 Å². The molecular formula is C20H31N. The van der Waals surface area contributed by atoms with Crippen molar-refractivity contribution in [3.8, 4) is 0 Å². The van der Waals surface area contributed by atoms with Gasteiger partial charge in [-0.15, -0.1) is 0 Å². The minimum absolute atomic E-state index is 0.726.